The highest BCUT2D eigenvalue weighted by Crippen LogP contribution is 2.30. The topological polar surface area (TPSA) is 70.1 Å². The van der Waals surface area contributed by atoms with Gasteiger partial charge in [-0.3, -0.25) is 0 Å². The summed E-state index contributed by atoms with van der Waals surface area (Å²) < 4.78 is 5.18. The fourth-order valence-electron chi connectivity index (χ4n) is 2.83. The van der Waals surface area contributed by atoms with Crippen molar-refractivity contribution in [3.8, 4) is 0 Å². The quantitative estimate of drug-likeness (QED) is 0.790. The number of carbonyl (C=O) groups is 2. The summed E-state index contributed by atoms with van der Waals surface area (Å²) in [7, 11) is 0. The van der Waals surface area contributed by atoms with Gasteiger partial charge in [-0.15, -0.1) is 0 Å². The van der Waals surface area contributed by atoms with Crippen molar-refractivity contribution in [2.24, 2.45) is 5.41 Å². The van der Waals surface area contributed by atoms with Crippen LogP contribution in [0, 0.1) is 5.41 Å². The number of nitrogens with zero attached hydrogens (tertiary/aromatic N) is 2. The molecule has 6 heteroatoms. The molecule has 2 rings (SSSR count). The lowest BCUT2D eigenvalue weighted by molar-refractivity contribution is -0.147. The summed E-state index contributed by atoms with van der Waals surface area (Å²) >= 11 is 0. The maximum Gasteiger partial charge on any atom is 0.328 e. The number of carboxylic acids is 1. The van der Waals surface area contributed by atoms with Crippen LogP contribution in [0.25, 0.3) is 0 Å². The SMILES string of the molecule is CC1(C)CCCN(C(=O)N2CCOCC2C(=O)O)CC1. The summed E-state index contributed by atoms with van der Waals surface area (Å²) in [6, 6.07) is -1.01. The van der Waals surface area contributed by atoms with Crippen molar-refractivity contribution < 1.29 is 19.4 Å². The number of rotatable bonds is 1. The van der Waals surface area contributed by atoms with E-state index in [9.17, 15) is 14.7 Å². The Morgan fingerprint density at radius 1 is 1.20 bits per heavy atom. The minimum Gasteiger partial charge on any atom is -0.480 e. The fraction of sp³-hybridized carbons (Fsp3) is 0.857. The van der Waals surface area contributed by atoms with E-state index in [0.29, 0.717) is 26.2 Å². The predicted molar refractivity (Wildman–Crippen MR) is 73.5 cm³/mol. The van der Waals surface area contributed by atoms with Gasteiger partial charge in [-0.2, -0.15) is 0 Å². The van der Waals surface area contributed by atoms with Crippen LogP contribution >= 0.6 is 0 Å². The Morgan fingerprint density at radius 2 is 1.95 bits per heavy atom. The zero-order chi connectivity index (χ0) is 14.8. The molecule has 2 aliphatic heterocycles. The average Bonchev–Trinajstić information content (AvgIpc) is 2.59. The van der Waals surface area contributed by atoms with Gasteiger partial charge in [0.25, 0.3) is 0 Å². The number of urea groups is 1. The smallest absolute Gasteiger partial charge is 0.328 e. The van der Waals surface area contributed by atoms with Crippen molar-refractivity contribution in [3.05, 3.63) is 0 Å². The van der Waals surface area contributed by atoms with Gasteiger partial charge < -0.3 is 19.6 Å². The van der Waals surface area contributed by atoms with E-state index in [-0.39, 0.29) is 18.1 Å². The molecule has 0 radical (unpaired) electrons. The molecule has 2 heterocycles. The normalized spacial score (nSPS) is 27.0. The first-order valence-electron chi connectivity index (χ1n) is 7.27. The molecular weight excluding hydrogens is 260 g/mol. The highest BCUT2D eigenvalue weighted by molar-refractivity contribution is 5.83. The number of likely N-dealkylation sites (tertiary alicyclic amines) is 1. The van der Waals surface area contributed by atoms with Crippen molar-refractivity contribution in [1.29, 1.82) is 0 Å². The molecule has 2 aliphatic rings. The lowest BCUT2D eigenvalue weighted by Crippen LogP contribution is -2.56. The molecule has 20 heavy (non-hydrogen) atoms. The Labute approximate surface area is 119 Å². The Kier molecular flexibility index (Phi) is 4.52. The maximum absolute atomic E-state index is 12.6. The van der Waals surface area contributed by atoms with Crippen molar-refractivity contribution >= 4 is 12.0 Å². The minimum atomic E-state index is -0.992. The molecule has 2 amide bonds. The van der Waals surface area contributed by atoms with Crippen LogP contribution in [-0.4, -0.2) is 65.8 Å². The molecule has 0 aromatic rings. The number of carboxylic acid groups (broad SMARTS) is 1. The first kappa shape index (κ1) is 15.1. The monoisotopic (exact) mass is 284 g/mol. The number of aliphatic carboxylic acids is 1. The second-order valence-corrected chi connectivity index (χ2v) is 6.41. The average molecular weight is 284 g/mol. The summed E-state index contributed by atoms with van der Waals surface area (Å²) in [6.45, 7) is 6.71. The van der Waals surface area contributed by atoms with E-state index in [2.05, 4.69) is 13.8 Å². The molecule has 2 fully saturated rings. The van der Waals surface area contributed by atoms with Gasteiger partial charge >= 0.3 is 12.0 Å². The number of carbonyl (C=O) groups excluding carboxylic acids is 1. The van der Waals surface area contributed by atoms with Crippen LogP contribution in [0.3, 0.4) is 0 Å². The standard InChI is InChI=1S/C14H24N2O4/c1-14(2)4-3-6-15(7-5-14)13(19)16-8-9-20-10-11(16)12(17)18/h11H,3-10H2,1-2H3,(H,17,18). The third-order valence-corrected chi connectivity index (χ3v) is 4.27. The molecule has 114 valence electrons. The van der Waals surface area contributed by atoms with Crippen LogP contribution in [0.2, 0.25) is 0 Å². The molecule has 6 nitrogen and oxygen atoms in total. The zero-order valence-corrected chi connectivity index (χ0v) is 12.3. The highest BCUT2D eigenvalue weighted by Gasteiger charge is 2.36. The summed E-state index contributed by atoms with van der Waals surface area (Å²) in [5, 5.41) is 9.20. The van der Waals surface area contributed by atoms with E-state index in [0.717, 1.165) is 19.3 Å². The molecule has 0 bridgehead atoms. The van der Waals surface area contributed by atoms with Crippen LogP contribution in [0.1, 0.15) is 33.1 Å². The number of amides is 2. The molecule has 0 aliphatic carbocycles. The molecular formula is C14H24N2O4. The Balaban J connectivity index is 2.03. The maximum atomic E-state index is 12.6. The molecule has 1 N–H and O–H groups in total. The van der Waals surface area contributed by atoms with Gasteiger partial charge in [0.2, 0.25) is 0 Å². The van der Waals surface area contributed by atoms with Gasteiger partial charge in [0.15, 0.2) is 6.04 Å². The van der Waals surface area contributed by atoms with E-state index in [1.54, 1.807) is 4.90 Å². The minimum absolute atomic E-state index is 0.0837. The van der Waals surface area contributed by atoms with E-state index < -0.39 is 12.0 Å². The zero-order valence-electron chi connectivity index (χ0n) is 12.3. The van der Waals surface area contributed by atoms with E-state index in [4.69, 9.17) is 4.74 Å². The van der Waals surface area contributed by atoms with E-state index >= 15 is 0 Å². The van der Waals surface area contributed by atoms with E-state index in [1.807, 2.05) is 0 Å². The third kappa shape index (κ3) is 3.42. The largest absolute Gasteiger partial charge is 0.480 e. The molecule has 0 aromatic heterocycles. The van der Waals surface area contributed by atoms with Gasteiger partial charge in [-0.05, 0) is 24.7 Å². The van der Waals surface area contributed by atoms with Crippen LogP contribution < -0.4 is 0 Å². The summed E-state index contributed by atoms with van der Waals surface area (Å²) in [6.07, 6.45) is 3.03. The molecule has 0 spiro atoms. The van der Waals surface area contributed by atoms with Crippen LogP contribution in [0.5, 0.6) is 0 Å². The summed E-state index contributed by atoms with van der Waals surface area (Å²) in [5.41, 5.74) is 0.256. The number of hydrogen-bond acceptors (Lipinski definition) is 3. The van der Waals surface area contributed by atoms with Crippen molar-refractivity contribution in [2.45, 2.75) is 39.2 Å². The van der Waals surface area contributed by atoms with Gasteiger partial charge in [-0.1, -0.05) is 13.8 Å². The van der Waals surface area contributed by atoms with Crippen molar-refractivity contribution in [1.82, 2.24) is 9.80 Å². The van der Waals surface area contributed by atoms with Gasteiger partial charge in [0.1, 0.15) is 0 Å². The predicted octanol–water partition coefficient (Wildman–Crippen LogP) is 1.40. The first-order chi connectivity index (χ1) is 9.41. The Bertz CT molecular complexity index is 383. The van der Waals surface area contributed by atoms with Crippen LogP contribution in [-0.2, 0) is 9.53 Å². The Hall–Kier alpha value is -1.30. The molecule has 0 aromatic carbocycles. The van der Waals surface area contributed by atoms with Crippen molar-refractivity contribution in [2.75, 3.05) is 32.8 Å². The van der Waals surface area contributed by atoms with Crippen molar-refractivity contribution in [3.63, 3.8) is 0 Å². The summed E-state index contributed by atoms with van der Waals surface area (Å²) in [5.74, 6) is -0.992. The van der Waals surface area contributed by atoms with Gasteiger partial charge in [0, 0.05) is 19.6 Å². The third-order valence-electron chi connectivity index (χ3n) is 4.27. The number of morpholine rings is 1. The van der Waals surface area contributed by atoms with Gasteiger partial charge in [-0.25, -0.2) is 9.59 Å². The lowest BCUT2D eigenvalue weighted by atomic mass is 9.85. The molecule has 0 saturated carbocycles. The van der Waals surface area contributed by atoms with Crippen LogP contribution in [0.15, 0.2) is 0 Å². The number of ether oxygens (including phenoxy) is 1. The summed E-state index contributed by atoms with van der Waals surface area (Å²) in [4.78, 5) is 27.0. The molecule has 1 atom stereocenters. The second-order valence-electron chi connectivity index (χ2n) is 6.41. The Morgan fingerprint density at radius 3 is 2.65 bits per heavy atom. The fourth-order valence-corrected chi connectivity index (χ4v) is 2.83. The lowest BCUT2D eigenvalue weighted by Gasteiger charge is -2.36. The van der Waals surface area contributed by atoms with E-state index in [1.165, 1.54) is 4.90 Å². The molecule has 1 unspecified atom stereocenters. The van der Waals surface area contributed by atoms with Crippen LogP contribution in [0.4, 0.5) is 4.79 Å². The second kappa shape index (κ2) is 5.99. The highest BCUT2D eigenvalue weighted by atomic mass is 16.5. The van der Waals surface area contributed by atoms with Gasteiger partial charge in [0.05, 0.1) is 13.2 Å². The molecule has 2 saturated heterocycles. The number of hydrogen-bond donors (Lipinski definition) is 1. The first-order valence-corrected chi connectivity index (χ1v) is 7.27.